The first-order valence-corrected chi connectivity index (χ1v) is 9.01. The van der Waals surface area contributed by atoms with Gasteiger partial charge < -0.3 is 19.2 Å². The molecule has 0 aliphatic carbocycles. The summed E-state index contributed by atoms with van der Waals surface area (Å²) in [5, 5.41) is 9.08. The lowest BCUT2D eigenvalue weighted by Gasteiger charge is -2.30. The fourth-order valence-corrected chi connectivity index (χ4v) is 3.53. The van der Waals surface area contributed by atoms with Crippen LogP contribution in [0.1, 0.15) is 61.6 Å². The molecule has 2 aromatic rings. The molecule has 27 heavy (non-hydrogen) atoms. The highest BCUT2D eigenvalue weighted by atomic mass is 16.5. The molecule has 0 saturated carbocycles. The Morgan fingerprint density at radius 1 is 1.22 bits per heavy atom. The van der Waals surface area contributed by atoms with Crippen LogP contribution in [0.25, 0.3) is 0 Å². The molecular formula is C21H25NO5. The standard InChI is InChI=1S/C21H25NO5/c1-21(2,3)13-5-7-14(8-6-13)22-15(9-12-18(22)23)19(26-4)16-10-11-17(27-16)20(24)25/h5-8,10-11,15,19H,9,12H2,1-4H3,(H,24,25)/t15?,19-/m0/s1. The quantitative estimate of drug-likeness (QED) is 0.854. The number of anilines is 1. The molecular weight excluding hydrogens is 346 g/mol. The Bertz CT molecular complexity index is 831. The molecule has 0 spiro atoms. The molecule has 1 saturated heterocycles. The number of rotatable bonds is 5. The van der Waals surface area contributed by atoms with E-state index in [0.717, 1.165) is 5.69 Å². The van der Waals surface area contributed by atoms with E-state index in [1.165, 1.54) is 18.7 Å². The minimum atomic E-state index is -1.13. The van der Waals surface area contributed by atoms with E-state index in [1.54, 1.807) is 11.0 Å². The predicted octanol–water partition coefficient (Wildman–Crippen LogP) is 4.16. The lowest BCUT2D eigenvalue weighted by molar-refractivity contribution is -0.117. The summed E-state index contributed by atoms with van der Waals surface area (Å²) < 4.78 is 11.0. The first-order chi connectivity index (χ1) is 12.7. The summed E-state index contributed by atoms with van der Waals surface area (Å²) in [6.07, 6.45) is 0.492. The molecule has 6 nitrogen and oxygen atoms in total. The maximum atomic E-state index is 12.6. The van der Waals surface area contributed by atoms with Crippen LogP contribution in [0.4, 0.5) is 5.69 Å². The zero-order chi connectivity index (χ0) is 19.8. The zero-order valence-corrected chi connectivity index (χ0v) is 16.1. The van der Waals surface area contributed by atoms with E-state index in [9.17, 15) is 9.59 Å². The largest absolute Gasteiger partial charge is 0.475 e. The van der Waals surface area contributed by atoms with E-state index in [-0.39, 0.29) is 23.1 Å². The van der Waals surface area contributed by atoms with Crippen LogP contribution in [0, 0.1) is 0 Å². The Labute approximate surface area is 158 Å². The van der Waals surface area contributed by atoms with Gasteiger partial charge in [-0.3, -0.25) is 4.79 Å². The smallest absolute Gasteiger partial charge is 0.371 e. The van der Waals surface area contributed by atoms with E-state index in [2.05, 4.69) is 20.8 Å². The van der Waals surface area contributed by atoms with Crippen molar-refractivity contribution in [3.8, 4) is 0 Å². The first-order valence-electron chi connectivity index (χ1n) is 9.01. The molecule has 2 heterocycles. The van der Waals surface area contributed by atoms with Crippen molar-refractivity contribution in [3.05, 3.63) is 53.5 Å². The van der Waals surface area contributed by atoms with Crippen LogP contribution in [-0.2, 0) is 14.9 Å². The summed E-state index contributed by atoms with van der Waals surface area (Å²) in [5.74, 6) is -0.841. The van der Waals surface area contributed by atoms with Gasteiger partial charge in [0.15, 0.2) is 0 Å². The highest BCUT2D eigenvalue weighted by Crippen LogP contribution is 2.37. The molecule has 1 fully saturated rings. The zero-order valence-electron chi connectivity index (χ0n) is 16.1. The Morgan fingerprint density at radius 2 is 1.89 bits per heavy atom. The molecule has 1 amide bonds. The molecule has 1 N–H and O–H groups in total. The van der Waals surface area contributed by atoms with Crippen molar-refractivity contribution >= 4 is 17.6 Å². The van der Waals surface area contributed by atoms with E-state index < -0.39 is 12.1 Å². The predicted molar refractivity (Wildman–Crippen MR) is 101 cm³/mol. The van der Waals surface area contributed by atoms with Gasteiger partial charge >= 0.3 is 5.97 Å². The second-order valence-corrected chi connectivity index (χ2v) is 7.83. The third kappa shape index (κ3) is 3.76. The molecule has 1 aromatic carbocycles. The molecule has 1 aromatic heterocycles. The van der Waals surface area contributed by atoms with Crippen LogP contribution in [-0.4, -0.2) is 30.1 Å². The maximum absolute atomic E-state index is 12.6. The molecule has 1 aliphatic rings. The van der Waals surface area contributed by atoms with Crippen LogP contribution in [0.2, 0.25) is 0 Å². The summed E-state index contributed by atoms with van der Waals surface area (Å²) in [6, 6.07) is 10.7. The van der Waals surface area contributed by atoms with Crippen molar-refractivity contribution < 1.29 is 23.8 Å². The van der Waals surface area contributed by atoms with E-state index >= 15 is 0 Å². The molecule has 3 rings (SSSR count). The topological polar surface area (TPSA) is 80.0 Å². The first kappa shape index (κ1) is 19.2. The number of nitrogens with zero attached hydrogens (tertiary/aromatic N) is 1. The van der Waals surface area contributed by atoms with Gasteiger partial charge in [0.1, 0.15) is 11.9 Å². The third-order valence-electron chi connectivity index (χ3n) is 4.99. The Morgan fingerprint density at radius 3 is 2.41 bits per heavy atom. The normalized spacial score (nSPS) is 18.7. The summed E-state index contributed by atoms with van der Waals surface area (Å²) in [4.78, 5) is 25.4. The van der Waals surface area contributed by atoms with Gasteiger partial charge in [-0.05, 0) is 41.7 Å². The number of hydrogen-bond acceptors (Lipinski definition) is 4. The summed E-state index contributed by atoms with van der Waals surface area (Å²) in [7, 11) is 1.54. The molecule has 1 unspecified atom stereocenters. The number of benzene rings is 1. The summed E-state index contributed by atoms with van der Waals surface area (Å²) >= 11 is 0. The average Bonchev–Trinajstić information content (AvgIpc) is 3.23. The van der Waals surface area contributed by atoms with Crippen LogP contribution in [0.3, 0.4) is 0 Å². The minimum Gasteiger partial charge on any atom is -0.475 e. The summed E-state index contributed by atoms with van der Waals surface area (Å²) in [6.45, 7) is 6.43. The highest BCUT2D eigenvalue weighted by Gasteiger charge is 2.40. The van der Waals surface area contributed by atoms with Gasteiger partial charge in [0.2, 0.25) is 11.7 Å². The van der Waals surface area contributed by atoms with E-state index in [4.69, 9.17) is 14.3 Å². The van der Waals surface area contributed by atoms with Crippen molar-refractivity contribution in [1.29, 1.82) is 0 Å². The number of carboxylic acids is 1. The number of carboxylic acid groups (broad SMARTS) is 1. The number of carbonyl (C=O) groups is 2. The van der Waals surface area contributed by atoms with Crippen molar-refractivity contribution in [2.45, 2.75) is 51.2 Å². The van der Waals surface area contributed by atoms with Gasteiger partial charge in [-0.15, -0.1) is 0 Å². The van der Waals surface area contributed by atoms with Gasteiger partial charge in [0, 0.05) is 19.2 Å². The number of carbonyl (C=O) groups excluding carboxylic acids is 1. The third-order valence-corrected chi connectivity index (χ3v) is 4.99. The van der Waals surface area contributed by atoms with Crippen molar-refractivity contribution in [3.63, 3.8) is 0 Å². The number of furan rings is 1. The molecule has 144 valence electrons. The monoisotopic (exact) mass is 371 g/mol. The maximum Gasteiger partial charge on any atom is 0.371 e. The molecule has 0 radical (unpaired) electrons. The van der Waals surface area contributed by atoms with E-state index in [0.29, 0.717) is 18.6 Å². The lowest BCUT2D eigenvalue weighted by Crippen LogP contribution is -2.38. The number of methoxy groups -OCH3 is 1. The lowest BCUT2D eigenvalue weighted by atomic mass is 9.87. The minimum absolute atomic E-state index is 0.0237. The number of hydrogen-bond donors (Lipinski definition) is 1. The van der Waals surface area contributed by atoms with Crippen molar-refractivity contribution in [1.82, 2.24) is 0 Å². The Kier molecular flexibility index (Phi) is 5.11. The SMILES string of the molecule is CO[C@H](c1ccc(C(=O)O)o1)C1CCC(=O)N1c1ccc(C(C)(C)C)cc1. The fourth-order valence-electron chi connectivity index (χ4n) is 3.53. The van der Waals surface area contributed by atoms with Crippen LogP contribution in [0.15, 0.2) is 40.8 Å². The highest BCUT2D eigenvalue weighted by molar-refractivity contribution is 5.96. The Hall–Kier alpha value is -2.60. The second-order valence-electron chi connectivity index (χ2n) is 7.83. The molecule has 2 atom stereocenters. The fraction of sp³-hybridized carbons (Fsp3) is 0.429. The second kappa shape index (κ2) is 7.19. The average molecular weight is 371 g/mol. The van der Waals surface area contributed by atoms with Gasteiger partial charge in [-0.1, -0.05) is 32.9 Å². The molecule has 6 heteroatoms. The van der Waals surface area contributed by atoms with E-state index in [1.807, 2.05) is 24.3 Å². The number of ether oxygens (including phenoxy) is 1. The van der Waals surface area contributed by atoms with Gasteiger partial charge in [0.25, 0.3) is 0 Å². The molecule has 0 bridgehead atoms. The Balaban J connectivity index is 1.91. The van der Waals surface area contributed by atoms with Gasteiger partial charge in [-0.25, -0.2) is 4.79 Å². The van der Waals surface area contributed by atoms with Crippen molar-refractivity contribution in [2.24, 2.45) is 0 Å². The number of amides is 1. The van der Waals surface area contributed by atoms with Crippen LogP contribution < -0.4 is 4.90 Å². The van der Waals surface area contributed by atoms with Gasteiger partial charge in [0.05, 0.1) is 6.04 Å². The number of aromatic carboxylic acids is 1. The van der Waals surface area contributed by atoms with Crippen molar-refractivity contribution in [2.75, 3.05) is 12.0 Å². The van der Waals surface area contributed by atoms with Crippen LogP contribution >= 0.6 is 0 Å². The van der Waals surface area contributed by atoms with Gasteiger partial charge in [-0.2, -0.15) is 0 Å². The summed E-state index contributed by atoms with van der Waals surface area (Å²) in [5.41, 5.74) is 2.03. The molecule has 1 aliphatic heterocycles. The van der Waals surface area contributed by atoms with Crippen LogP contribution in [0.5, 0.6) is 0 Å².